The second-order valence-electron chi connectivity index (χ2n) is 5.38. The first-order valence-corrected chi connectivity index (χ1v) is 7.16. The summed E-state index contributed by atoms with van der Waals surface area (Å²) in [6.45, 7) is 3.15. The molecule has 0 aliphatic heterocycles. The molecular weight excluding hydrogens is 254 g/mol. The molecule has 0 aromatic carbocycles. The van der Waals surface area contributed by atoms with Crippen LogP contribution in [0.1, 0.15) is 36.9 Å². The van der Waals surface area contributed by atoms with Crippen LogP contribution in [-0.4, -0.2) is 35.1 Å². The van der Waals surface area contributed by atoms with Gasteiger partial charge in [0.2, 0.25) is 0 Å². The first kappa shape index (κ1) is 14.8. The van der Waals surface area contributed by atoms with Gasteiger partial charge >= 0.3 is 0 Å². The van der Waals surface area contributed by atoms with Crippen LogP contribution in [0.3, 0.4) is 0 Å². The van der Waals surface area contributed by atoms with Crippen molar-refractivity contribution in [2.24, 2.45) is 12.8 Å². The van der Waals surface area contributed by atoms with Crippen molar-refractivity contribution in [1.82, 2.24) is 9.78 Å². The Balaban J connectivity index is 1.75. The lowest BCUT2D eigenvalue weighted by atomic mass is 9.94. The second kappa shape index (κ2) is 6.73. The van der Waals surface area contributed by atoms with E-state index in [0.717, 1.165) is 37.2 Å². The highest BCUT2D eigenvalue weighted by Crippen LogP contribution is 2.20. The van der Waals surface area contributed by atoms with Gasteiger partial charge in [-0.3, -0.25) is 4.68 Å². The second-order valence-corrected chi connectivity index (χ2v) is 5.38. The molecule has 0 atom stereocenters. The molecule has 1 saturated carbocycles. The van der Waals surface area contributed by atoms with E-state index in [1.54, 1.807) is 4.68 Å². The minimum absolute atomic E-state index is 0.334. The summed E-state index contributed by atoms with van der Waals surface area (Å²) in [5.41, 5.74) is 7.23. The highest BCUT2D eigenvalue weighted by molar-refractivity contribution is 5.54. The predicted octanol–water partition coefficient (Wildman–Crippen LogP) is 1.30. The zero-order chi connectivity index (χ0) is 14.5. The third kappa shape index (κ3) is 3.50. The molecule has 0 bridgehead atoms. The maximum atomic E-state index is 9.11. The van der Waals surface area contributed by atoms with Crippen molar-refractivity contribution in [2.75, 3.05) is 18.5 Å². The Labute approximate surface area is 119 Å². The van der Waals surface area contributed by atoms with E-state index >= 15 is 0 Å². The molecule has 1 aromatic heterocycles. The molecule has 0 amide bonds. The minimum atomic E-state index is 0.334. The quantitative estimate of drug-likeness (QED) is 0.792. The van der Waals surface area contributed by atoms with Gasteiger partial charge in [-0.05, 0) is 32.6 Å². The Hall–Kier alpha value is -1.58. The molecule has 0 unspecified atom stereocenters. The normalized spacial score (nSPS) is 22.5. The van der Waals surface area contributed by atoms with Gasteiger partial charge in [-0.1, -0.05) is 0 Å². The van der Waals surface area contributed by atoms with Crippen LogP contribution in [0.2, 0.25) is 0 Å². The van der Waals surface area contributed by atoms with Gasteiger partial charge in [-0.25, -0.2) is 0 Å². The Morgan fingerprint density at radius 1 is 1.45 bits per heavy atom. The molecule has 20 heavy (non-hydrogen) atoms. The molecule has 3 N–H and O–H groups in total. The molecule has 110 valence electrons. The largest absolute Gasteiger partial charge is 0.376 e. The van der Waals surface area contributed by atoms with Crippen molar-refractivity contribution < 1.29 is 4.74 Å². The van der Waals surface area contributed by atoms with Crippen LogP contribution >= 0.6 is 0 Å². The van der Waals surface area contributed by atoms with Gasteiger partial charge in [-0.2, -0.15) is 10.4 Å². The van der Waals surface area contributed by atoms with E-state index in [0.29, 0.717) is 30.9 Å². The average molecular weight is 277 g/mol. The molecule has 0 spiro atoms. The molecule has 1 aliphatic rings. The molecule has 6 heteroatoms. The fourth-order valence-corrected chi connectivity index (χ4v) is 2.65. The van der Waals surface area contributed by atoms with Gasteiger partial charge in [-0.15, -0.1) is 0 Å². The molecule has 1 aliphatic carbocycles. The van der Waals surface area contributed by atoms with E-state index in [1.807, 2.05) is 14.0 Å². The van der Waals surface area contributed by atoms with Crippen molar-refractivity contribution in [3.05, 3.63) is 11.3 Å². The first-order chi connectivity index (χ1) is 9.61. The number of nitrogens with one attached hydrogen (secondary N) is 1. The van der Waals surface area contributed by atoms with Crippen LogP contribution in [-0.2, 0) is 11.8 Å². The van der Waals surface area contributed by atoms with Crippen LogP contribution in [0.25, 0.3) is 0 Å². The number of nitrogens with zero attached hydrogens (tertiary/aromatic N) is 3. The van der Waals surface area contributed by atoms with Crippen molar-refractivity contribution in [1.29, 1.82) is 5.26 Å². The van der Waals surface area contributed by atoms with E-state index < -0.39 is 0 Å². The topological polar surface area (TPSA) is 88.9 Å². The van der Waals surface area contributed by atoms with Crippen molar-refractivity contribution in [3.8, 4) is 6.07 Å². The smallest absolute Gasteiger partial charge is 0.142 e. The molecule has 0 radical (unpaired) electrons. The SMILES string of the molecule is Cc1nn(C)c(NCCOC2CCC(N)CC2)c1C#N. The van der Waals surface area contributed by atoms with Crippen molar-refractivity contribution in [3.63, 3.8) is 0 Å². The Kier molecular flexibility index (Phi) is 4.99. The van der Waals surface area contributed by atoms with Gasteiger partial charge in [0, 0.05) is 19.6 Å². The lowest BCUT2D eigenvalue weighted by Crippen LogP contribution is -2.31. The van der Waals surface area contributed by atoms with E-state index in [2.05, 4.69) is 16.5 Å². The summed E-state index contributed by atoms with van der Waals surface area (Å²) in [5, 5.41) is 16.6. The maximum absolute atomic E-state index is 9.11. The summed E-state index contributed by atoms with van der Waals surface area (Å²) in [6, 6.07) is 2.53. The molecule has 6 nitrogen and oxygen atoms in total. The number of rotatable bonds is 5. The molecule has 1 heterocycles. The number of hydrogen-bond acceptors (Lipinski definition) is 5. The predicted molar refractivity (Wildman–Crippen MR) is 77.3 cm³/mol. The fraction of sp³-hybridized carbons (Fsp3) is 0.714. The third-order valence-electron chi connectivity index (χ3n) is 3.80. The number of hydrogen-bond donors (Lipinski definition) is 2. The molecule has 1 aromatic rings. The van der Waals surface area contributed by atoms with E-state index in [1.165, 1.54) is 0 Å². The lowest BCUT2D eigenvalue weighted by Gasteiger charge is -2.26. The fourth-order valence-electron chi connectivity index (χ4n) is 2.65. The van der Waals surface area contributed by atoms with E-state index in [9.17, 15) is 0 Å². The Bertz CT molecular complexity index is 482. The molecule has 1 fully saturated rings. The monoisotopic (exact) mass is 277 g/mol. The highest BCUT2D eigenvalue weighted by Gasteiger charge is 2.18. The molecule has 0 saturated heterocycles. The van der Waals surface area contributed by atoms with Crippen molar-refractivity contribution >= 4 is 5.82 Å². The van der Waals surface area contributed by atoms with Crippen LogP contribution in [0.5, 0.6) is 0 Å². The Morgan fingerprint density at radius 2 is 2.15 bits per heavy atom. The van der Waals surface area contributed by atoms with Crippen molar-refractivity contribution in [2.45, 2.75) is 44.8 Å². The van der Waals surface area contributed by atoms with Gasteiger partial charge in [0.25, 0.3) is 0 Å². The average Bonchev–Trinajstić information content (AvgIpc) is 2.70. The van der Waals surface area contributed by atoms with Crippen LogP contribution in [0.15, 0.2) is 0 Å². The standard InChI is InChI=1S/C14H23N5O/c1-10-13(9-15)14(19(2)18-10)17-7-8-20-12-5-3-11(16)4-6-12/h11-12,17H,3-8,16H2,1-2H3. The van der Waals surface area contributed by atoms with Crippen LogP contribution in [0.4, 0.5) is 5.82 Å². The molecule has 2 rings (SSSR count). The first-order valence-electron chi connectivity index (χ1n) is 7.16. The lowest BCUT2D eigenvalue weighted by molar-refractivity contribution is 0.0312. The number of aromatic nitrogens is 2. The van der Waals surface area contributed by atoms with E-state index in [-0.39, 0.29) is 0 Å². The van der Waals surface area contributed by atoms with Gasteiger partial charge in [0.15, 0.2) is 0 Å². The summed E-state index contributed by atoms with van der Waals surface area (Å²) in [7, 11) is 1.83. The van der Waals surface area contributed by atoms with Gasteiger partial charge in [0.05, 0.1) is 18.4 Å². The summed E-state index contributed by atoms with van der Waals surface area (Å²) >= 11 is 0. The number of nitriles is 1. The zero-order valence-electron chi connectivity index (χ0n) is 12.2. The van der Waals surface area contributed by atoms with E-state index in [4.69, 9.17) is 15.7 Å². The number of nitrogens with two attached hydrogens (primary N) is 1. The number of ether oxygens (including phenoxy) is 1. The Morgan fingerprint density at radius 3 is 2.80 bits per heavy atom. The summed E-state index contributed by atoms with van der Waals surface area (Å²) in [5.74, 6) is 0.763. The van der Waals surface area contributed by atoms with Gasteiger partial charge < -0.3 is 15.8 Å². The highest BCUT2D eigenvalue weighted by atomic mass is 16.5. The third-order valence-corrected chi connectivity index (χ3v) is 3.80. The van der Waals surface area contributed by atoms with Crippen LogP contribution < -0.4 is 11.1 Å². The van der Waals surface area contributed by atoms with Gasteiger partial charge in [0.1, 0.15) is 17.5 Å². The summed E-state index contributed by atoms with van der Waals surface area (Å²) in [4.78, 5) is 0. The molecular formula is C14H23N5O. The summed E-state index contributed by atoms with van der Waals surface area (Å²) < 4.78 is 7.54. The number of aryl methyl sites for hydroxylation is 2. The minimum Gasteiger partial charge on any atom is -0.376 e. The number of anilines is 1. The zero-order valence-corrected chi connectivity index (χ0v) is 12.2. The van der Waals surface area contributed by atoms with Crippen LogP contribution in [0, 0.1) is 18.3 Å². The maximum Gasteiger partial charge on any atom is 0.142 e. The summed E-state index contributed by atoms with van der Waals surface area (Å²) in [6.07, 6.45) is 4.54.